The van der Waals surface area contributed by atoms with E-state index in [1.54, 1.807) is 0 Å². The summed E-state index contributed by atoms with van der Waals surface area (Å²) in [5.41, 5.74) is -0.334. The molecule has 0 radical (unpaired) electrons. The largest absolute Gasteiger partial charge is 0.389 e. The van der Waals surface area contributed by atoms with Crippen molar-refractivity contribution >= 4 is 0 Å². The molecule has 0 bridgehead atoms. The number of rotatable bonds is 2. The Morgan fingerprint density at radius 3 is 2.30 bits per heavy atom. The van der Waals surface area contributed by atoms with E-state index in [0.717, 1.165) is 25.3 Å². The van der Waals surface area contributed by atoms with E-state index >= 15 is 0 Å². The Balaban J connectivity index is 2.27. The molecule has 0 saturated heterocycles. The first-order valence-corrected chi connectivity index (χ1v) is 7.38. The topological polar surface area (TPSA) is 20.2 Å². The fraction of sp³-hybridized carbons (Fsp3) is 0.647. The molecule has 0 spiro atoms. The van der Waals surface area contributed by atoms with Crippen LogP contribution in [0, 0.1) is 23.0 Å². The van der Waals surface area contributed by atoms with Crippen molar-refractivity contribution in [1.82, 2.24) is 0 Å². The van der Waals surface area contributed by atoms with E-state index < -0.39 is 17.2 Å². The minimum absolute atomic E-state index is 0.0129. The molecule has 1 fully saturated rings. The number of benzene rings is 1. The van der Waals surface area contributed by atoms with Gasteiger partial charge in [0, 0.05) is 12.5 Å². The molecule has 2 unspecified atom stereocenters. The summed E-state index contributed by atoms with van der Waals surface area (Å²) in [5.74, 6) is -1.01. The molecule has 1 aliphatic carbocycles. The molecule has 20 heavy (non-hydrogen) atoms. The van der Waals surface area contributed by atoms with Crippen LogP contribution in [0.15, 0.2) is 18.2 Å². The van der Waals surface area contributed by atoms with Gasteiger partial charge in [-0.1, -0.05) is 33.6 Å². The van der Waals surface area contributed by atoms with Crippen molar-refractivity contribution in [2.24, 2.45) is 11.3 Å². The van der Waals surface area contributed by atoms with E-state index in [1.165, 1.54) is 12.1 Å². The molecule has 3 heteroatoms. The zero-order valence-electron chi connectivity index (χ0n) is 12.5. The Hall–Kier alpha value is -0.960. The van der Waals surface area contributed by atoms with E-state index in [4.69, 9.17) is 0 Å². The van der Waals surface area contributed by atoms with Crippen molar-refractivity contribution in [2.45, 2.75) is 58.5 Å². The highest BCUT2D eigenvalue weighted by atomic mass is 19.1. The molecular weight excluding hydrogens is 258 g/mol. The third-order valence-corrected chi connectivity index (χ3v) is 4.48. The van der Waals surface area contributed by atoms with Crippen LogP contribution in [0.5, 0.6) is 0 Å². The van der Waals surface area contributed by atoms with E-state index in [2.05, 4.69) is 20.8 Å². The number of hydrogen-bond acceptors (Lipinski definition) is 1. The van der Waals surface area contributed by atoms with Gasteiger partial charge in [-0.2, -0.15) is 0 Å². The van der Waals surface area contributed by atoms with Crippen molar-refractivity contribution in [3.8, 4) is 0 Å². The fourth-order valence-electron chi connectivity index (χ4n) is 3.74. The maximum atomic E-state index is 13.3. The van der Waals surface area contributed by atoms with E-state index in [0.29, 0.717) is 18.4 Å². The van der Waals surface area contributed by atoms with Gasteiger partial charge >= 0.3 is 0 Å². The first kappa shape index (κ1) is 15.4. The van der Waals surface area contributed by atoms with Crippen molar-refractivity contribution in [1.29, 1.82) is 0 Å². The molecular formula is C17H24F2O. The summed E-state index contributed by atoms with van der Waals surface area (Å²) >= 11 is 0. The van der Waals surface area contributed by atoms with Gasteiger partial charge in [0.2, 0.25) is 0 Å². The van der Waals surface area contributed by atoms with Gasteiger partial charge in [0.1, 0.15) is 11.6 Å². The van der Waals surface area contributed by atoms with Crippen molar-refractivity contribution in [3.05, 3.63) is 35.4 Å². The minimum Gasteiger partial charge on any atom is -0.389 e. The van der Waals surface area contributed by atoms with Gasteiger partial charge in [0.25, 0.3) is 0 Å². The SMILES string of the molecule is CC(C)(C)C1CCCCC1(O)Cc1cc(F)cc(F)c1. The Kier molecular flexibility index (Phi) is 4.19. The molecule has 1 N–H and O–H groups in total. The lowest BCUT2D eigenvalue weighted by molar-refractivity contribution is -0.0889. The van der Waals surface area contributed by atoms with Crippen LogP contribution in [-0.2, 0) is 6.42 Å². The van der Waals surface area contributed by atoms with Crippen LogP contribution in [0.2, 0.25) is 0 Å². The lowest BCUT2D eigenvalue weighted by Gasteiger charge is -2.47. The van der Waals surface area contributed by atoms with Crippen LogP contribution >= 0.6 is 0 Å². The predicted molar refractivity (Wildman–Crippen MR) is 76.4 cm³/mol. The van der Waals surface area contributed by atoms with Crippen LogP contribution in [0.4, 0.5) is 8.78 Å². The van der Waals surface area contributed by atoms with E-state index in [1.807, 2.05) is 0 Å². The normalized spacial score (nSPS) is 27.6. The maximum Gasteiger partial charge on any atom is 0.126 e. The Labute approximate surface area is 120 Å². The van der Waals surface area contributed by atoms with E-state index in [9.17, 15) is 13.9 Å². The second kappa shape index (κ2) is 5.44. The Bertz CT molecular complexity index is 458. The molecule has 1 nitrogen and oxygen atoms in total. The molecule has 1 saturated carbocycles. The van der Waals surface area contributed by atoms with Crippen LogP contribution in [0.25, 0.3) is 0 Å². The summed E-state index contributed by atoms with van der Waals surface area (Å²) in [6.07, 6.45) is 4.08. The predicted octanol–water partition coefficient (Wildman–Crippen LogP) is 4.47. The number of aliphatic hydroxyl groups is 1. The first-order valence-electron chi connectivity index (χ1n) is 7.38. The Morgan fingerprint density at radius 2 is 1.75 bits per heavy atom. The van der Waals surface area contributed by atoms with Crippen molar-refractivity contribution < 1.29 is 13.9 Å². The van der Waals surface area contributed by atoms with E-state index in [-0.39, 0.29) is 11.3 Å². The summed E-state index contributed by atoms with van der Waals surface area (Å²) in [7, 11) is 0. The highest BCUT2D eigenvalue weighted by Gasteiger charge is 2.44. The summed E-state index contributed by atoms with van der Waals surface area (Å²) < 4.78 is 26.6. The molecule has 0 heterocycles. The monoisotopic (exact) mass is 282 g/mol. The smallest absolute Gasteiger partial charge is 0.126 e. The standard InChI is InChI=1S/C17H24F2O/c1-16(2,3)15-6-4-5-7-17(15,20)11-12-8-13(18)10-14(19)9-12/h8-10,15,20H,4-7,11H2,1-3H3. The maximum absolute atomic E-state index is 13.3. The molecule has 2 atom stereocenters. The molecule has 1 aliphatic rings. The van der Waals surface area contributed by atoms with Crippen molar-refractivity contribution in [2.75, 3.05) is 0 Å². The molecule has 1 aromatic rings. The number of halogens is 2. The number of hydrogen-bond donors (Lipinski definition) is 1. The van der Waals surface area contributed by atoms with Crippen LogP contribution in [0.1, 0.15) is 52.0 Å². The van der Waals surface area contributed by atoms with Gasteiger partial charge in [0.15, 0.2) is 0 Å². The molecule has 0 amide bonds. The second-order valence-corrected chi connectivity index (χ2v) is 7.22. The molecule has 1 aromatic carbocycles. The van der Waals surface area contributed by atoms with Gasteiger partial charge in [-0.05, 0) is 41.9 Å². The lowest BCUT2D eigenvalue weighted by atomic mass is 9.62. The van der Waals surface area contributed by atoms with Gasteiger partial charge in [0.05, 0.1) is 5.60 Å². The highest BCUT2D eigenvalue weighted by Crippen LogP contribution is 2.45. The van der Waals surface area contributed by atoms with Crippen molar-refractivity contribution in [3.63, 3.8) is 0 Å². The quantitative estimate of drug-likeness (QED) is 0.848. The average Bonchev–Trinajstić information content (AvgIpc) is 2.25. The summed E-state index contributed by atoms with van der Waals surface area (Å²) in [4.78, 5) is 0. The highest BCUT2D eigenvalue weighted by molar-refractivity contribution is 5.21. The van der Waals surface area contributed by atoms with Gasteiger partial charge in [-0.15, -0.1) is 0 Å². The molecule has 0 aromatic heterocycles. The van der Waals surface area contributed by atoms with Gasteiger partial charge in [-0.25, -0.2) is 8.78 Å². The summed E-state index contributed by atoms with van der Waals surface area (Å²) in [6, 6.07) is 3.53. The third-order valence-electron chi connectivity index (χ3n) is 4.48. The molecule has 0 aliphatic heterocycles. The van der Waals surface area contributed by atoms with Gasteiger partial charge in [-0.3, -0.25) is 0 Å². The second-order valence-electron chi connectivity index (χ2n) is 7.22. The third kappa shape index (κ3) is 3.38. The summed E-state index contributed by atoms with van der Waals surface area (Å²) in [6.45, 7) is 6.38. The molecule has 2 rings (SSSR count). The van der Waals surface area contributed by atoms with Crippen LogP contribution < -0.4 is 0 Å². The first-order chi connectivity index (χ1) is 9.21. The summed E-state index contributed by atoms with van der Waals surface area (Å²) in [5, 5.41) is 11.1. The van der Waals surface area contributed by atoms with Crippen LogP contribution in [0.3, 0.4) is 0 Å². The zero-order chi connectivity index (χ0) is 15.0. The zero-order valence-corrected chi connectivity index (χ0v) is 12.5. The molecule has 112 valence electrons. The fourth-order valence-corrected chi connectivity index (χ4v) is 3.74. The van der Waals surface area contributed by atoms with Gasteiger partial charge < -0.3 is 5.11 Å². The average molecular weight is 282 g/mol. The minimum atomic E-state index is -0.864. The van der Waals surface area contributed by atoms with Crippen LogP contribution in [-0.4, -0.2) is 10.7 Å². The Morgan fingerprint density at radius 1 is 1.15 bits per heavy atom. The lowest BCUT2D eigenvalue weighted by Crippen LogP contribution is -2.48.